The molecule has 0 N–H and O–H groups in total. The normalized spacial score (nSPS) is 9.88. The van der Waals surface area contributed by atoms with Crippen LogP contribution in [0.3, 0.4) is 0 Å². The SMILES string of the molecule is C/C=N\SC=C(C)C. The number of nitrogens with zero attached hydrogens (tertiary/aromatic N) is 1. The van der Waals surface area contributed by atoms with Crippen LogP contribution in [0.4, 0.5) is 0 Å². The van der Waals surface area contributed by atoms with Gasteiger partial charge in [0.2, 0.25) is 0 Å². The fraction of sp³-hybridized carbons (Fsp3) is 0.500. The molecular formula is C6H11NS. The molecule has 46 valence electrons. The summed E-state index contributed by atoms with van der Waals surface area (Å²) in [5.41, 5.74) is 1.29. The first-order valence-corrected chi connectivity index (χ1v) is 3.38. The van der Waals surface area contributed by atoms with Gasteiger partial charge in [-0.3, -0.25) is 0 Å². The standard InChI is InChI=1S/C6H11NS/c1-4-7-8-5-6(2)3/h4-5H,1-3H3/b7-4-. The van der Waals surface area contributed by atoms with Crippen molar-refractivity contribution in [2.45, 2.75) is 20.8 Å². The second-order valence-electron chi connectivity index (χ2n) is 1.66. The highest BCUT2D eigenvalue weighted by molar-refractivity contribution is 8.01. The monoisotopic (exact) mass is 129 g/mol. The summed E-state index contributed by atoms with van der Waals surface area (Å²) >= 11 is 1.47. The third-order valence-corrected chi connectivity index (χ3v) is 1.36. The van der Waals surface area contributed by atoms with Crippen LogP contribution in [0.5, 0.6) is 0 Å². The molecule has 0 aromatic heterocycles. The molecule has 0 saturated heterocycles. The maximum atomic E-state index is 3.93. The van der Waals surface area contributed by atoms with Crippen LogP contribution in [0.2, 0.25) is 0 Å². The van der Waals surface area contributed by atoms with Gasteiger partial charge in [0.05, 0.1) is 0 Å². The Hall–Kier alpha value is -0.240. The fourth-order valence-corrected chi connectivity index (χ4v) is 0.590. The lowest BCUT2D eigenvalue weighted by Crippen LogP contribution is -1.56. The van der Waals surface area contributed by atoms with Gasteiger partial charge in [0.1, 0.15) is 0 Å². The Kier molecular flexibility index (Phi) is 4.76. The van der Waals surface area contributed by atoms with E-state index in [1.807, 2.05) is 12.3 Å². The van der Waals surface area contributed by atoms with E-state index in [0.717, 1.165) is 0 Å². The van der Waals surface area contributed by atoms with Crippen LogP contribution >= 0.6 is 11.9 Å². The third-order valence-electron chi connectivity index (χ3n) is 0.455. The minimum absolute atomic E-state index is 1.29. The van der Waals surface area contributed by atoms with E-state index < -0.39 is 0 Å². The van der Waals surface area contributed by atoms with Crippen LogP contribution in [0, 0.1) is 0 Å². The van der Waals surface area contributed by atoms with E-state index >= 15 is 0 Å². The molecule has 0 unspecified atom stereocenters. The summed E-state index contributed by atoms with van der Waals surface area (Å²) < 4.78 is 3.93. The van der Waals surface area contributed by atoms with Gasteiger partial charge >= 0.3 is 0 Å². The quantitative estimate of drug-likeness (QED) is 0.412. The first-order valence-electron chi connectivity index (χ1n) is 2.54. The average molecular weight is 129 g/mol. The van der Waals surface area contributed by atoms with Crippen molar-refractivity contribution in [3.8, 4) is 0 Å². The zero-order chi connectivity index (χ0) is 6.41. The minimum atomic E-state index is 1.29. The number of allylic oxidation sites excluding steroid dienone is 1. The van der Waals surface area contributed by atoms with E-state index in [4.69, 9.17) is 0 Å². The lowest BCUT2D eigenvalue weighted by atomic mass is 10.4. The molecule has 0 amide bonds. The first kappa shape index (κ1) is 7.76. The Labute approximate surface area is 55.0 Å². The smallest absolute Gasteiger partial charge is 0.00986 e. The Morgan fingerprint density at radius 2 is 2.12 bits per heavy atom. The summed E-state index contributed by atoms with van der Waals surface area (Å²) in [6.45, 7) is 6.02. The van der Waals surface area contributed by atoms with Gasteiger partial charge in [-0.25, -0.2) is 4.40 Å². The zero-order valence-corrected chi connectivity index (χ0v) is 6.33. The highest BCUT2D eigenvalue weighted by Crippen LogP contribution is 2.05. The summed E-state index contributed by atoms with van der Waals surface area (Å²) in [7, 11) is 0. The Bertz CT molecular complexity index is 101. The maximum absolute atomic E-state index is 3.93. The van der Waals surface area contributed by atoms with E-state index in [1.165, 1.54) is 17.5 Å². The van der Waals surface area contributed by atoms with E-state index in [-0.39, 0.29) is 0 Å². The molecule has 0 rings (SSSR count). The topological polar surface area (TPSA) is 12.4 Å². The molecule has 0 aromatic carbocycles. The van der Waals surface area contributed by atoms with Gasteiger partial charge in [-0.15, -0.1) is 0 Å². The summed E-state index contributed by atoms with van der Waals surface area (Å²) in [5.74, 6) is 0. The van der Waals surface area contributed by atoms with Crippen molar-refractivity contribution >= 4 is 18.2 Å². The Morgan fingerprint density at radius 3 is 2.50 bits per heavy atom. The zero-order valence-electron chi connectivity index (χ0n) is 5.51. The summed E-state index contributed by atoms with van der Waals surface area (Å²) in [4.78, 5) is 0. The number of hydrogen-bond donors (Lipinski definition) is 0. The van der Waals surface area contributed by atoms with Crippen LogP contribution in [0.1, 0.15) is 20.8 Å². The highest BCUT2D eigenvalue weighted by atomic mass is 32.2. The largest absolute Gasteiger partial charge is 0.225 e. The van der Waals surface area contributed by atoms with E-state index in [9.17, 15) is 0 Å². The molecule has 2 heteroatoms. The summed E-state index contributed by atoms with van der Waals surface area (Å²) in [6, 6.07) is 0. The third kappa shape index (κ3) is 5.76. The summed E-state index contributed by atoms with van der Waals surface area (Å²) in [6.07, 6.45) is 1.78. The number of rotatable bonds is 2. The molecule has 0 aliphatic rings. The van der Waals surface area contributed by atoms with Gasteiger partial charge < -0.3 is 0 Å². The van der Waals surface area contributed by atoms with Crippen molar-refractivity contribution in [1.82, 2.24) is 0 Å². The van der Waals surface area contributed by atoms with Gasteiger partial charge in [-0.1, -0.05) is 5.57 Å². The fourth-order valence-electron chi connectivity index (χ4n) is 0.197. The van der Waals surface area contributed by atoms with Gasteiger partial charge in [0.15, 0.2) is 0 Å². The number of hydrogen-bond acceptors (Lipinski definition) is 2. The molecule has 0 heterocycles. The van der Waals surface area contributed by atoms with E-state index in [1.54, 1.807) is 6.21 Å². The van der Waals surface area contributed by atoms with Gasteiger partial charge in [0, 0.05) is 18.2 Å². The van der Waals surface area contributed by atoms with E-state index in [0.29, 0.717) is 0 Å². The van der Waals surface area contributed by atoms with Gasteiger partial charge in [-0.2, -0.15) is 0 Å². The van der Waals surface area contributed by atoms with Crippen LogP contribution in [0.25, 0.3) is 0 Å². The lowest BCUT2D eigenvalue weighted by Gasteiger charge is -1.82. The molecule has 0 bridgehead atoms. The predicted octanol–water partition coefficient (Wildman–Crippen LogP) is 2.65. The Morgan fingerprint density at radius 1 is 1.50 bits per heavy atom. The van der Waals surface area contributed by atoms with Crippen molar-refractivity contribution in [3.63, 3.8) is 0 Å². The Balaban J connectivity index is 3.30. The second kappa shape index (κ2) is 4.91. The molecule has 0 atom stereocenters. The second-order valence-corrected chi connectivity index (χ2v) is 2.32. The van der Waals surface area contributed by atoms with Crippen LogP contribution < -0.4 is 0 Å². The van der Waals surface area contributed by atoms with Crippen LogP contribution in [-0.4, -0.2) is 6.21 Å². The van der Waals surface area contributed by atoms with Crippen LogP contribution in [-0.2, 0) is 0 Å². The molecule has 0 fully saturated rings. The van der Waals surface area contributed by atoms with Crippen molar-refractivity contribution in [3.05, 3.63) is 11.0 Å². The predicted molar refractivity (Wildman–Crippen MR) is 41.2 cm³/mol. The lowest BCUT2D eigenvalue weighted by molar-refractivity contribution is 1.41. The van der Waals surface area contributed by atoms with Crippen molar-refractivity contribution in [1.29, 1.82) is 0 Å². The summed E-state index contributed by atoms with van der Waals surface area (Å²) in [5, 5.41) is 2.01. The molecular weight excluding hydrogens is 118 g/mol. The molecule has 8 heavy (non-hydrogen) atoms. The molecule has 0 aliphatic carbocycles. The van der Waals surface area contributed by atoms with Crippen LogP contribution in [0.15, 0.2) is 15.4 Å². The van der Waals surface area contributed by atoms with Gasteiger partial charge in [-0.05, 0) is 26.2 Å². The maximum Gasteiger partial charge on any atom is 0.00986 e. The van der Waals surface area contributed by atoms with E-state index in [2.05, 4.69) is 18.2 Å². The molecule has 0 radical (unpaired) electrons. The van der Waals surface area contributed by atoms with Crippen molar-refractivity contribution in [2.75, 3.05) is 0 Å². The first-order chi connectivity index (χ1) is 3.77. The molecule has 0 aliphatic heterocycles. The average Bonchev–Trinajstić information content (AvgIpc) is 1.66. The minimum Gasteiger partial charge on any atom is -0.225 e. The molecule has 1 nitrogen and oxygen atoms in total. The van der Waals surface area contributed by atoms with Crippen molar-refractivity contribution < 1.29 is 0 Å². The molecule has 0 spiro atoms. The van der Waals surface area contributed by atoms with Crippen molar-refractivity contribution in [2.24, 2.45) is 4.40 Å². The molecule has 0 saturated carbocycles. The molecule has 0 aromatic rings. The van der Waals surface area contributed by atoms with Gasteiger partial charge in [0.25, 0.3) is 0 Å². The highest BCUT2D eigenvalue weighted by Gasteiger charge is 1.72.